The van der Waals surface area contributed by atoms with Crippen LogP contribution in [0.25, 0.3) is 0 Å². The Hall–Kier alpha value is -3.15. The zero-order chi connectivity index (χ0) is 23.4. The lowest BCUT2D eigenvalue weighted by atomic mass is 9.92. The second-order valence-corrected chi connectivity index (χ2v) is 8.80. The first kappa shape index (κ1) is 23.5. The average molecular weight is 436 g/mol. The number of benzene rings is 2. The summed E-state index contributed by atoms with van der Waals surface area (Å²) in [5, 5.41) is 5.66. The summed E-state index contributed by atoms with van der Waals surface area (Å²) in [4.78, 5) is 40.3. The molecule has 32 heavy (non-hydrogen) atoms. The minimum Gasteiger partial charge on any atom is -0.345 e. The highest BCUT2D eigenvalue weighted by atomic mass is 16.2. The summed E-state index contributed by atoms with van der Waals surface area (Å²) in [7, 11) is 0. The molecule has 2 aromatic carbocycles. The molecular formula is C26H33N3O3. The molecule has 3 rings (SSSR count). The monoisotopic (exact) mass is 435 g/mol. The van der Waals surface area contributed by atoms with E-state index in [1.165, 1.54) is 0 Å². The summed E-state index contributed by atoms with van der Waals surface area (Å²) in [6.45, 7) is 10.0. The van der Waals surface area contributed by atoms with Crippen LogP contribution >= 0.6 is 0 Å². The van der Waals surface area contributed by atoms with E-state index in [9.17, 15) is 14.4 Å². The van der Waals surface area contributed by atoms with Crippen molar-refractivity contribution in [2.75, 3.05) is 11.9 Å². The minimum atomic E-state index is -0.623. The van der Waals surface area contributed by atoms with E-state index in [0.29, 0.717) is 19.4 Å². The minimum absolute atomic E-state index is 0.0301. The Bertz CT molecular complexity index is 1010. The zero-order valence-electron chi connectivity index (χ0n) is 19.6. The number of amides is 3. The smallest absolute Gasteiger partial charge is 0.243 e. The van der Waals surface area contributed by atoms with Gasteiger partial charge < -0.3 is 15.5 Å². The van der Waals surface area contributed by atoms with Gasteiger partial charge in [0, 0.05) is 24.6 Å². The van der Waals surface area contributed by atoms with Crippen molar-refractivity contribution in [1.82, 2.24) is 10.2 Å². The fourth-order valence-electron chi connectivity index (χ4n) is 4.29. The van der Waals surface area contributed by atoms with Gasteiger partial charge in [0.1, 0.15) is 6.04 Å². The molecule has 0 bridgehead atoms. The van der Waals surface area contributed by atoms with Crippen LogP contribution in [0.15, 0.2) is 36.4 Å². The van der Waals surface area contributed by atoms with Gasteiger partial charge in [0.2, 0.25) is 17.7 Å². The SMILES string of the molecule is CCC(C)C(=O)N1Cc2ccccc2CC1C(=O)NCC(=O)Nc1c(C)cc(C)cc1C. The molecule has 170 valence electrons. The lowest BCUT2D eigenvalue weighted by Crippen LogP contribution is -2.54. The third kappa shape index (κ3) is 5.18. The molecule has 3 amide bonds. The Morgan fingerprint density at radius 3 is 2.31 bits per heavy atom. The topological polar surface area (TPSA) is 78.5 Å². The van der Waals surface area contributed by atoms with Crippen LogP contribution in [0.2, 0.25) is 0 Å². The normalized spacial score (nSPS) is 16.2. The highest BCUT2D eigenvalue weighted by Crippen LogP contribution is 2.26. The molecule has 0 aromatic heterocycles. The van der Waals surface area contributed by atoms with Gasteiger partial charge in [-0.3, -0.25) is 14.4 Å². The van der Waals surface area contributed by atoms with Crippen LogP contribution in [0.3, 0.4) is 0 Å². The van der Waals surface area contributed by atoms with Gasteiger partial charge >= 0.3 is 0 Å². The van der Waals surface area contributed by atoms with Gasteiger partial charge in [-0.2, -0.15) is 0 Å². The molecule has 2 unspecified atom stereocenters. The molecule has 1 heterocycles. The van der Waals surface area contributed by atoms with Gasteiger partial charge in [0.15, 0.2) is 0 Å². The fourth-order valence-corrected chi connectivity index (χ4v) is 4.29. The Morgan fingerprint density at radius 2 is 1.69 bits per heavy atom. The van der Waals surface area contributed by atoms with Crippen LogP contribution in [0.4, 0.5) is 5.69 Å². The number of anilines is 1. The van der Waals surface area contributed by atoms with E-state index in [4.69, 9.17) is 0 Å². The summed E-state index contributed by atoms with van der Waals surface area (Å²) in [6.07, 6.45) is 1.16. The summed E-state index contributed by atoms with van der Waals surface area (Å²) in [5.74, 6) is -0.781. The van der Waals surface area contributed by atoms with Crippen LogP contribution < -0.4 is 10.6 Å². The molecule has 1 aliphatic heterocycles. The first-order chi connectivity index (χ1) is 15.2. The van der Waals surface area contributed by atoms with Crippen LogP contribution in [0.1, 0.15) is 48.1 Å². The average Bonchev–Trinajstić information content (AvgIpc) is 2.77. The van der Waals surface area contributed by atoms with Crippen LogP contribution in [0.5, 0.6) is 0 Å². The van der Waals surface area contributed by atoms with Crippen molar-refractivity contribution in [3.63, 3.8) is 0 Å². The van der Waals surface area contributed by atoms with Gasteiger partial charge in [-0.1, -0.05) is 55.8 Å². The number of hydrogen-bond donors (Lipinski definition) is 2. The van der Waals surface area contributed by atoms with E-state index in [2.05, 4.69) is 10.6 Å². The molecule has 6 nitrogen and oxygen atoms in total. The van der Waals surface area contributed by atoms with E-state index >= 15 is 0 Å². The van der Waals surface area contributed by atoms with Gasteiger partial charge in [0.05, 0.1) is 6.54 Å². The number of aryl methyl sites for hydroxylation is 3. The summed E-state index contributed by atoms with van der Waals surface area (Å²) < 4.78 is 0. The molecular weight excluding hydrogens is 402 g/mol. The van der Waals surface area contributed by atoms with Gasteiger partial charge in [-0.25, -0.2) is 0 Å². The predicted octanol–water partition coefficient (Wildman–Crippen LogP) is 3.67. The van der Waals surface area contributed by atoms with E-state index in [0.717, 1.165) is 33.5 Å². The standard InChI is InChI=1S/C26H33N3O3/c1-6-17(3)26(32)29-15-21-10-8-7-9-20(21)13-22(29)25(31)27-14-23(30)28-24-18(4)11-16(2)12-19(24)5/h7-12,17,22H,6,13-15H2,1-5H3,(H,27,31)(H,28,30). The van der Waals surface area contributed by atoms with Crippen molar-refractivity contribution in [3.05, 3.63) is 64.2 Å². The van der Waals surface area contributed by atoms with Gasteiger partial charge in [-0.05, 0) is 49.4 Å². The molecule has 0 aliphatic carbocycles. The maximum absolute atomic E-state index is 13.1. The second-order valence-electron chi connectivity index (χ2n) is 8.80. The van der Waals surface area contributed by atoms with Crippen molar-refractivity contribution in [3.8, 4) is 0 Å². The highest BCUT2D eigenvalue weighted by Gasteiger charge is 2.35. The number of fused-ring (bicyclic) bond motifs is 1. The molecule has 2 atom stereocenters. The molecule has 0 saturated heterocycles. The molecule has 0 radical (unpaired) electrons. The number of carbonyl (C=O) groups excluding carboxylic acids is 3. The lowest BCUT2D eigenvalue weighted by molar-refractivity contribution is -0.144. The van der Waals surface area contributed by atoms with Crippen molar-refractivity contribution < 1.29 is 14.4 Å². The van der Waals surface area contributed by atoms with Gasteiger partial charge in [-0.15, -0.1) is 0 Å². The summed E-state index contributed by atoms with van der Waals surface area (Å²) >= 11 is 0. The van der Waals surface area contributed by atoms with Crippen molar-refractivity contribution in [1.29, 1.82) is 0 Å². The van der Waals surface area contributed by atoms with Crippen LogP contribution in [-0.4, -0.2) is 35.2 Å². The van der Waals surface area contributed by atoms with Crippen LogP contribution in [-0.2, 0) is 27.3 Å². The molecule has 2 aromatic rings. The Balaban J connectivity index is 1.70. The highest BCUT2D eigenvalue weighted by molar-refractivity contribution is 5.97. The van der Waals surface area contributed by atoms with E-state index in [1.807, 2.05) is 71.0 Å². The van der Waals surface area contributed by atoms with E-state index in [1.54, 1.807) is 4.90 Å². The first-order valence-corrected chi connectivity index (χ1v) is 11.2. The Labute approximate surface area is 190 Å². The fraction of sp³-hybridized carbons (Fsp3) is 0.423. The predicted molar refractivity (Wildman–Crippen MR) is 126 cm³/mol. The number of nitrogens with zero attached hydrogens (tertiary/aromatic N) is 1. The number of carbonyl (C=O) groups is 3. The number of hydrogen-bond acceptors (Lipinski definition) is 3. The Kier molecular flexibility index (Phi) is 7.33. The molecule has 0 spiro atoms. The zero-order valence-corrected chi connectivity index (χ0v) is 19.6. The molecule has 2 N–H and O–H groups in total. The van der Waals surface area contributed by atoms with Crippen LogP contribution in [0, 0.1) is 26.7 Å². The first-order valence-electron chi connectivity index (χ1n) is 11.2. The maximum Gasteiger partial charge on any atom is 0.243 e. The number of nitrogens with one attached hydrogen (secondary N) is 2. The summed E-state index contributed by atoms with van der Waals surface area (Å²) in [5.41, 5.74) is 6.00. The second kappa shape index (κ2) is 9.98. The quantitative estimate of drug-likeness (QED) is 0.727. The van der Waals surface area contributed by atoms with Gasteiger partial charge in [0.25, 0.3) is 0 Å². The molecule has 1 aliphatic rings. The molecule has 0 saturated carbocycles. The maximum atomic E-state index is 13.1. The van der Waals surface area contributed by atoms with Crippen molar-refractivity contribution >= 4 is 23.4 Å². The number of rotatable bonds is 6. The largest absolute Gasteiger partial charge is 0.345 e. The van der Waals surface area contributed by atoms with Crippen molar-refractivity contribution in [2.45, 2.75) is 60.0 Å². The third-order valence-corrected chi connectivity index (χ3v) is 6.23. The van der Waals surface area contributed by atoms with E-state index in [-0.39, 0.29) is 30.2 Å². The van der Waals surface area contributed by atoms with E-state index < -0.39 is 6.04 Å². The lowest BCUT2D eigenvalue weighted by Gasteiger charge is -2.37. The summed E-state index contributed by atoms with van der Waals surface area (Å²) in [6, 6.07) is 11.3. The molecule has 6 heteroatoms. The third-order valence-electron chi connectivity index (χ3n) is 6.23. The van der Waals surface area contributed by atoms with Crippen molar-refractivity contribution in [2.24, 2.45) is 5.92 Å². The Morgan fingerprint density at radius 1 is 1.06 bits per heavy atom. The molecule has 0 fully saturated rings.